The van der Waals surface area contributed by atoms with Crippen LogP contribution in [0.15, 0.2) is 18.5 Å². The molecule has 2 heterocycles. The number of carbonyl (C=O) groups is 1. The fourth-order valence-corrected chi connectivity index (χ4v) is 1.70. The number of hydrogen-bond acceptors (Lipinski definition) is 5. The minimum absolute atomic E-state index is 0.00390. The normalized spacial score (nSPS) is 10.7. The Balaban J connectivity index is 2.55. The smallest absolute Gasteiger partial charge is 0.339 e. The predicted octanol–water partition coefficient (Wildman–Crippen LogP) is 2.06. The highest BCUT2D eigenvalue weighted by atomic mass is 16.4. The van der Waals surface area contributed by atoms with Crippen LogP contribution in [0.1, 0.15) is 41.6 Å². The van der Waals surface area contributed by atoms with Crippen LogP contribution >= 0.6 is 0 Å². The van der Waals surface area contributed by atoms with Crippen molar-refractivity contribution < 1.29 is 9.90 Å². The third-order valence-corrected chi connectivity index (χ3v) is 2.60. The molecule has 0 aliphatic rings. The summed E-state index contributed by atoms with van der Waals surface area (Å²) in [6.07, 6.45) is 2.96. The molecule has 0 saturated carbocycles. The molecule has 2 rings (SSSR count). The van der Waals surface area contributed by atoms with Gasteiger partial charge in [0.2, 0.25) is 0 Å². The summed E-state index contributed by atoms with van der Waals surface area (Å²) in [7, 11) is 0. The van der Waals surface area contributed by atoms with Gasteiger partial charge in [-0.2, -0.15) is 0 Å². The molecule has 0 bridgehead atoms. The summed E-state index contributed by atoms with van der Waals surface area (Å²) in [5.74, 6) is 0.0126. The van der Waals surface area contributed by atoms with Gasteiger partial charge in [0.1, 0.15) is 11.5 Å². The quantitative estimate of drug-likeness (QED) is 0.906. The fraction of sp³-hybridized carbons (Fsp3) is 0.308. The number of nitrogens with zero attached hydrogens (tertiary/aromatic N) is 4. The zero-order valence-corrected chi connectivity index (χ0v) is 11.0. The Morgan fingerprint density at radius 2 is 2.00 bits per heavy atom. The summed E-state index contributed by atoms with van der Waals surface area (Å²) >= 11 is 0. The lowest BCUT2D eigenvalue weighted by Crippen LogP contribution is -2.09. The number of aromatic carboxylic acids is 1. The largest absolute Gasteiger partial charge is 0.478 e. The van der Waals surface area contributed by atoms with E-state index in [1.165, 1.54) is 6.20 Å². The van der Waals surface area contributed by atoms with E-state index >= 15 is 0 Å². The summed E-state index contributed by atoms with van der Waals surface area (Å²) in [5.41, 5.74) is 1.23. The third kappa shape index (κ3) is 2.73. The molecule has 0 saturated heterocycles. The van der Waals surface area contributed by atoms with Gasteiger partial charge in [-0.25, -0.2) is 24.7 Å². The third-order valence-electron chi connectivity index (χ3n) is 2.60. The van der Waals surface area contributed by atoms with E-state index in [0.717, 1.165) is 0 Å². The van der Waals surface area contributed by atoms with Gasteiger partial charge in [0.15, 0.2) is 5.82 Å². The monoisotopic (exact) mass is 258 g/mol. The topological polar surface area (TPSA) is 88.9 Å². The number of carboxylic acid groups (broad SMARTS) is 1. The molecule has 0 atom stereocenters. The van der Waals surface area contributed by atoms with Crippen molar-refractivity contribution in [3.8, 4) is 11.5 Å². The van der Waals surface area contributed by atoms with Gasteiger partial charge in [0.05, 0.1) is 11.3 Å². The van der Waals surface area contributed by atoms with Crippen LogP contribution in [0, 0.1) is 6.92 Å². The Morgan fingerprint density at radius 1 is 1.26 bits per heavy atom. The van der Waals surface area contributed by atoms with Gasteiger partial charge in [-0.3, -0.25) is 0 Å². The minimum atomic E-state index is -1.02. The molecule has 2 aromatic rings. The van der Waals surface area contributed by atoms with Gasteiger partial charge < -0.3 is 5.11 Å². The van der Waals surface area contributed by atoms with Crippen LogP contribution in [0.5, 0.6) is 0 Å². The lowest BCUT2D eigenvalue weighted by Gasteiger charge is -2.09. The van der Waals surface area contributed by atoms with Crippen molar-refractivity contribution in [1.82, 2.24) is 19.9 Å². The highest BCUT2D eigenvalue weighted by Gasteiger charge is 2.17. The summed E-state index contributed by atoms with van der Waals surface area (Å²) in [6, 6.07) is 1.70. The lowest BCUT2D eigenvalue weighted by molar-refractivity contribution is 0.0694. The van der Waals surface area contributed by atoms with Crippen molar-refractivity contribution in [3.05, 3.63) is 35.5 Å². The van der Waals surface area contributed by atoms with E-state index in [9.17, 15) is 4.79 Å². The fourth-order valence-electron chi connectivity index (χ4n) is 1.70. The molecule has 0 amide bonds. The number of rotatable bonds is 3. The number of aromatic nitrogens is 4. The second-order valence-electron chi connectivity index (χ2n) is 4.44. The van der Waals surface area contributed by atoms with E-state index in [1.54, 1.807) is 19.2 Å². The highest BCUT2D eigenvalue weighted by Crippen LogP contribution is 2.20. The second kappa shape index (κ2) is 5.09. The van der Waals surface area contributed by atoms with E-state index in [0.29, 0.717) is 23.0 Å². The summed E-state index contributed by atoms with van der Waals surface area (Å²) in [6.45, 7) is 5.56. The summed E-state index contributed by atoms with van der Waals surface area (Å²) in [4.78, 5) is 27.8. The summed E-state index contributed by atoms with van der Waals surface area (Å²) in [5, 5.41) is 9.11. The molecule has 0 fully saturated rings. The molecular formula is C13H14N4O2. The first-order chi connectivity index (χ1) is 8.99. The number of aryl methyl sites for hydroxylation is 1. The Hall–Kier alpha value is -2.37. The van der Waals surface area contributed by atoms with Crippen LogP contribution in [-0.4, -0.2) is 31.0 Å². The molecule has 0 aliphatic carbocycles. The minimum Gasteiger partial charge on any atom is -0.478 e. The standard InChI is InChI=1S/C13H14N4O2/c1-7(2)11-9(13(18)19)6-15-12(17-11)10-4-5-14-8(3)16-10/h4-7H,1-3H3,(H,18,19). The van der Waals surface area contributed by atoms with E-state index in [1.807, 2.05) is 13.8 Å². The summed E-state index contributed by atoms with van der Waals surface area (Å²) < 4.78 is 0. The lowest BCUT2D eigenvalue weighted by atomic mass is 10.1. The van der Waals surface area contributed by atoms with Crippen LogP contribution < -0.4 is 0 Å². The highest BCUT2D eigenvalue weighted by molar-refractivity contribution is 5.88. The Bertz CT molecular complexity index is 626. The number of carboxylic acids is 1. The predicted molar refractivity (Wildman–Crippen MR) is 68.8 cm³/mol. The van der Waals surface area contributed by atoms with E-state index < -0.39 is 5.97 Å². The van der Waals surface area contributed by atoms with Crippen molar-refractivity contribution in [3.63, 3.8) is 0 Å². The molecule has 6 heteroatoms. The zero-order chi connectivity index (χ0) is 14.0. The second-order valence-corrected chi connectivity index (χ2v) is 4.44. The molecule has 0 spiro atoms. The van der Waals surface area contributed by atoms with Crippen LogP contribution in [0.4, 0.5) is 0 Å². The SMILES string of the molecule is Cc1nccc(-c2ncc(C(=O)O)c(C(C)C)n2)n1. The zero-order valence-electron chi connectivity index (χ0n) is 11.0. The van der Waals surface area contributed by atoms with Gasteiger partial charge in [-0.15, -0.1) is 0 Å². The molecule has 0 unspecified atom stereocenters. The van der Waals surface area contributed by atoms with Gasteiger partial charge in [0, 0.05) is 12.4 Å². The van der Waals surface area contributed by atoms with Crippen molar-refractivity contribution in [2.24, 2.45) is 0 Å². The maximum absolute atomic E-state index is 11.1. The van der Waals surface area contributed by atoms with E-state index in [4.69, 9.17) is 5.11 Å². The molecular weight excluding hydrogens is 244 g/mol. The molecule has 98 valence electrons. The maximum Gasteiger partial charge on any atom is 0.339 e. The van der Waals surface area contributed by atoms with Crippen molar-refractivity contribution in [2.45, 2.75) is 26.7 Å². The molecule has 6 nitrogen and oxygen atoms in total. The van der Waals surface area contributed by atoms with Gasteiger partial charge in [-0.1, -0.05) is 13.8 Å². The first-order valence-corrected chi connectivity index (χ1v) is 5.89. The van der Waals surface area contributed by atoms with Crippen molar-refractivity contribution >= 4 is 5.97 Å². The molecule has 0 radical (unpaired) electrons. The Kier molecular flexibility index (Phi) is 3.50. The molecule has 19 heavy (non-hydrogen) atoms. The van der Waals surface area contributed by atoms with Crippen LogP contribution in [0.25, 0.3) is 11.5 Å². The maximum atomic E-state index is 11.1. The molecule has 0 aliphatic heterocycles. The van der Waals surface area contributed by atoms with Crippen LogP contribution in [0.2, 0.25) is 0 Å². The van der Waals surface area contributed by atoms with Gasteiger partial charge >= 0.3 is 5.97 Å². The van der Waals surface area contributed by atoms with Crippen molar-refractivity contribution in [2.75, 3.05) is 0 Å². The van der Waals surface area contributed by atoms with Gasteiger partial charge in [-0.05, 0) is 18.9 Å². The molecule has 0 aromatic carbocycles. The Labute approximate surface area is 110 Å². The average molecular weight is 258 g/mol. The molecule has 1 N–H and O–H groups in total. The first-order valence-electron chi connectivity index (χ1n) is 5.89. The molecule has 2 aromatic heterocycles. The van der Waals surface area contributed by atoms with E-state index in [-0.39, 0.29) is 11.5 Å². The Morgan fingerprint density at radius 3 is 2.58 bits per heavy atom. The van der Waals surface area contributed by atoms with E-state index in [2.05, 4.69) is 19.9 Å². The first kappa shape index (κ1) is 13.1. The van der Waals surface area contributed by atoms with Crippen molar-refractivity contribution in [1.29, 1.82) is 0 Å². The van der Waals surface area contributed by atoms with Gasteiger partial charge in [0.25, 0.3) is 0 Å². The average Bonchev–Trinajstić information content (AvgIpc) is 2.37. The number of hydrogen-bond donors (Lipinski definition) is 1. The van der Waals surface area contributed by atoms with Crippen LogP contribution in [-0.2, 0) is 0 Å². The van der Waals surface area contributed by atoms with Crippen LogP contribution in [0.3, 0.4) is 0 Å².